The predicted octanol–water partition coefficient (Wildman–Crippen LogP) is 2.45. The molecule has 0 spiro atoms. The first kappa shape index (κ1) is 10.1. The van der Waals surface area contributed by atoms with Gasteiger partial charge in [-0.05, 0) is 19.1 Å². The number of thiophene rings is 2. The minimum absolute atomic E-state index is 0.206. The van der Waals surface area contributed by atoms with Gasteiger partial charge in [0.25, 0.3) is 5.56 Å². The fourth-order valence-electron chi connectivity index (χ4n) is 2.02. The molecule has 4 aromatic rings. The minimum Gasteiger partial charge on any atom is -0.266 e. The normalized spacial score (nSPS) is 11.8. The number of hydrogen-bond acceptors (Lipinski definition) is 6. The van der Waals surface area contributed by atoms with Crippen LogP contribution in [0, 0.1) is 6.92 Å². The largest absolute Gasteiger partial charge is 0.285 e. The van der Waals surface area contributed by atoms with Crippen LogP contribution in [0.4, 0.5) is 0 Å². The van der Waals surface area contributed by atoms with E-state index < -0.39 is 0 Å². The van der Waals surface area contributed by atoms with Crippen LogP contribution in [0.1, 0.15) is 4.88 Å². The van der Waals surface area contributed by atoms with Crippen molar-refractivity contribution in [1.82, 2.24) is 20.4 Å². The molecule has 7 heteroatoms. The van der Waals surface area contributed by atoms with E-state index in [0.717, 1.165) is 20.4 Å². The van der Waals surface area contributed by atoms with Gasteiger partial charge in [-0.15, -0.1) is 27.8 Å². The quantitative estimate of drug-likeness (QED) is 0.534. The predicted molar refractivity (Wildman–Crippen MR) is 73.5 cm³/mol. The van der Waals surface area contributed by atoms with Crippen LogP contribution >= 0.6 is 22.7 Å². The molecule has 4 heterocycles. The standard InChI is InChI=1S/C11H6N4OS2/c1-4-2-5-3-6-7-8(9(16)14-15-13-7)18-11(6)12-10(5)17-4/h2-3H,1H3,(H,13,14,16). The SMILES string of the molecule is Cc1cc2cc3c(nc2s1)sc1c(=O)[nH]nnc13. The number of aromatic nitrogens is 4. The molecule has 1 N–H and O–H groups in total. The number of rotatable bonds is 0. The molecule has 0 fully saturated rings. The molecule has 0 saturated heterocycles. The summed E-state index contributed by atoms with van der Waals surface area (Å²) >= 11 is 3.02. The zero-order valence-electron chi connectivity index (χ0n) is 9.22. The lowest BCUT2D eigenvalue weighted by Crippen LogP contribution is -2.07. The maximum absolute atomic E-state index is 11.7. The van der Waals surface area contributed by atoms with Gasteiger partial charge in [-0.1, -0.05) is 5.21 Å². The van der Waals surface area contributed by atoms with Crippen molar-refractivity contribution in [2.75, 3.05) is 0 Å². The van der Waals surface area contributed by atoms with Crippen LogP contribution in [0.2, 0.25) is 0 Å². The lowest BCUT2D eigenvalue weighted by Gasteiger charge is -1.90. The average molecular weight is 274 g/mol. The number of pyridine rings is 1. The van der Waals surface area contributed by atoms with Crippen molar-refractivity contribution in [3.63, 3.8) is 0 Å². The fourth-order valence-corrected chi connectivity index (χ4v) is 3.92. The maximum Gasteiger partial charge on any atom is 0.285 e. The number of hydrogen-bond donors (Lipinski definition) is 1. The first-order chi connectivity index (χ1) is 8.72. The Kier molecular flexibility index (Phi) is 1.87. The summed E-state index contributed by atoms with van der Waals surface area (Å²) in [5.41, 5.74) is 0.430. The van der Waals surface area contributed by atoms with E-state index >= 15 is 0 Å². The summed E-state index contributed by atoms with van der Waals surface area (Å²) in [6.07, 6.45) is 0. The molecule has 0 aromatic carbocycles. The number of fused-ring (bicyclic) bond motifs is 4. The lowest BCUT2D eigenvalue weighted by molar-refractivity contribution is 0.876. The van der Waals surface area contributed by atoms with E-state index in [2.05, 4.69) is 33.4 Å². The highest BCUT2D eigenvalue weighted by Gasteiger charge is 2.12. The van der Waals surface area contributed by atoms with E-state index in [4.69, 9.17) is 0 Å². The molecule has 88 valence electrons. The third-order valence-electron chi connectivity index (χ3n) is 2.77. The molecule has 5 nitrogen and oxygen atoms in total. The molecule has 0 atom stereocenters. The van der Waals surface area contributed by atoms with Crippen LogP contribution in [0.3, 0.4) is 0 Å². The van der Waals surface area contributed by atoms with Crippen LogP contribution in [0.5, 0.6) is 0 Å². The molecule has 0 unspecified atom stereocenters. The highest BCUT2D eigenvalue weighted by atomic mass is 32.1. The van der Waals surface area contributed by atoms with Crippen molar-refractivity contribution in [2.45, 2.75) is 6.92 Å². The Morgan fingerprint density at radius 3 is 3.00 bits per heavy atom. The molecule has 0 aliphatic carbocycles. The zero-order chi connectivity index (χ0) is 12.3. The van der Waals surface area contributed by atoms with Crippen molar-refractivity contribution < 1.29 is 0 Å². The maximum atomic E-state index is 11.7. The van der Waals surface area contributed by atoms with E-state index in [1.165, 1.54) is 16.2 Å². The molecule has 0 aliphatic rings. The summed E-state index contributed by atoms with van der Waals surface area (Å²) in [7, 11) is 0. The van der Waals surface area contributed by atoms with Gasteiger partial charge in [0.05, 0.1) is 0 Å². The first-order valence-electron chi connectivity index (χ1n) is 5.27. The topological polar surface area (TPSA) is 71.5 Å². The molecular weight excluding hydrogens is 268 g/mol. The van der Waals surface area contributed by atoms with Gasteiger partial charge < -0.3 is 0 Å². The number of H-pyrrole nitrogens is 1. The molecule has 4 rings (SSSR count). The van der Waals surface area contributed by atoms with Gasteiger partial charge in [-0.2, -0.15) is 0 Å². The Morgan fingerprint density at radius 2 is 2.11 bits per heavy atom. The van der Waals surface area contributed by atoms with Gasteiger partial charge in [-0.25, -0.2) is 10.1 Å². The van der Waals surface area contributed by atoms with Crippen LogP contribution < -0.4 is 5.56 Å². The van der Waals surface area contributed by atoms with Gasteiger partial charge in [0, 0.05) is 15.6 Å². The second-order valence-corrected chi connectivity index (χ2v) is 6.25. The first-order valence-corrected chi connectivity index (χ1v) is 6.90. The molecule has 0 amide bonds. The van der Waals surface area contributed by atoms with E-state index in [9.17, 15) is 4.79 Å². The summed E-state index contributed by atoms with van der Waals surface area (Å²) in [5, 5.41) is 12.0. The average Bonchev–Trinajstić information content (AvgIpc) is 2.86. The smallest absolute Gasteiger partial charge is 0.266 e. The van der Waals surface area contributed by atoms with E-state index in [-0.39, 0.29) is 5.56 Å². The van der Waals surface area contributed by atoms with Gasteiger partial charge in [0.1, 0.15) is 19.9 Å². The van der Waals surface area contributed by atoms with Gasteiger partial charge in [0.15, 0.2) is 0 Å². The van der Waals surface area contributed by atoms with Crippen molar-refractivity contribution in [3.8, 4) is 0 Å². The Labute approximate surface area is 108 Å². The number of aromatic amines is 1. The van der Waals surface area contributed by atoms with Crippen LogP contribution in [-0.2, 0) is 0 Å². The molecule has 0 aliphatic heterocycles. The summed E-state index contributed by atoms with van der Waals surface area (Å²) in [5.74, 6) is 0. The highest BCUT2D eigenvalue weighted by Crippen LogP contribution is 2.33. The summed E-state index contributed by atoms with van der Waals surface area (Å²) in [4.78, 5) is 19.3. The Balaban J connectivity index is 2.29. The second-order valence-electron chi connectivity index (χ2n) is 4.01. The molecule has 4 aromatic heterocycles. The van der Waals surface area contributed by atoms with Gasteiger partial charge in [-0.3, -0.25) is 4.79 Å². The third kappa shape index (κ3) is 1.25. The van der Waals surface area contributed by atoms with E-state index in [1.54, 1.807) is 11.3 Å². The minimum atomic E-state index is -0.206. The molecule has 0 radical (unpaired) electrons. The lowest BCUT2D eigenvalue weighted by atomic mass is 10.2. The molecular formula is C11H6N4OS2. The van der Waals surface area contributed by atoms with Crippen molar-refractivity contribution in [3.05, 3.63) is 27.4 Å². The van der Waals surface area contributed by atoms with Crippen LogP contribution in [-0.4, -0.2) is 20.4 Å². The van der Waals surface area contributed by atoms with Gasteiger partial charge in [0.2, 0.25) is 0 Å². The monoisotopic (exact) mass is 274 g/mol. The molecule has 0 saturated carbocycles. The van der Waals surface area contributed by atoms with E-state index in [0.29, 0.717) is 10.2 Å². The van der Waals surface area contributed by atoms with Gasteiger partial charge >= 0.3 is 0 Å². The number of nitrogens with zero attached hydrogens (tertiary/aromatic N) is 3. The third-order valence-corrected chi connectivity index (χ3v) is 4.82. The van der Waals surface area contributed by atoms with Crippen LogP contribution in [0.15, 0.2) is 16.9 Å². The Bertz CT molecular complexity index is 966. The molecule has 0 bridgehead atoms. The number of aryl methyl sites for hydroxylation is 1. The van der Waals surface area contributed by atoms with E-state index in [1.807, 2.05) is 6.07 Å². The Hall–Kier alpha value is -1.86. The van der Waals surface area contributed by atoms with Crippen molar-refractivity contribution in [1.29, 1.82) is 0 Å². The fraction of sp³-hybridized carbons (Fsp3) is 0.0909. The zero-order valence-corrected chi connectivity index (χ0v) is 10.9. The van der Waals surface area contributed by atoms with Crippen LogP contribution in [0.25, 0.3) is 30.6 Å². The summed E-state index contributed by atoms with van der Waals surface area (Å²) < 4.78 is 0.585. The van der Waals surface area contributed by atoms with Crippen molar-refractivity contribution >= 4 is 53.3 Å². The summed E-state index contributed by atoms with van der Waals surface area (Å²) in [6, 6.07) is 4.13. The Morgan fingerprint density at radius 1 is 1.22 bits per heavy atom. The number of nitrogens with one attached hydrogen (secondary N) is 1. The van der Waals surface area contributed by atoms with Crippen molar-refractivity contribution in [2.24, 2.45) is 0 Å². The molecule has 18 heavy (non-hydrogen) atoms. The summed E-state index contributed by atoms with van der Waals surface area (Å²) in [6.45, 7) is 2.06. The highest BCUT2D eigenvalue weighted by molar-refractivity contribution is 7.25. The second kappa shape index (κ2) is 3.33.